The Morgan fingerprint density at radius 2 is 1.65 bits per heavy atom. The molecule has 0 radical (unpaired) electrons. The highest BCUT2D eigenvalue weighted by Crippen LogP contribution is 2.36. The molecule has 0 aromatic heterocycles. The van der Waals surface area contributed by atoms with Crippen molar-refractivity contribution in [1.29, 1.82) is 0 Å². The van der Waals surface area contributed by atoms with E-state index in [1.807, 2.05) is 13.8 Å². The maximum Gasteiger partial charge on any atom is 0.301 e. The summed E-state index contributed by atoms with van der Waals surface area (Å²) in [6, 6.07) is 10.9. The van der Waals surface area contributed by atoms with Gasteiger partial charge in [-0.2, -0.15) is 0 Å². The van der Waals surface area contributed by atoms with Gasteiger partial charge >= 0.3 is 5.91 Å². The smallest absolute Gasteiger partial charge is 0.301 e. The molecule has 134 valence electrons. The molecule has 2 amide bonds. The molecule has 0 saturated carbocycles. The van der Waals surface area contributed by atoms with Crippen molar-refractivity contribution in [3.05, 3.63) is 63.8 Å². The van der Waals surface area contributed by atoms with Gasteiger partial charge in [0.15, 0.2) is 5.76 Å². The van der Waals surface area contributed by atoms with Gasteiger partial charge in [-0.05, 0) is 50.2 Å². The van der Waals surface area contributed by atoms with Gasteiger partial charge in [-0.1, -0.05) is 29.3 Å². The molecule has 0 atom stereocenters. The minimum absolute atomic E-state index is 0.000242. The number of imide groups is 1. The molecule has 1 aliphatic rings. The van der Waals surface area contributed by atoms with E-state index in [1.54, 1.807) is 24.3 Å². The van der Waals surface area contributed by atoms with Gasteiger partial charge in [0.25, 0.3) is 5.91 Å². The molecule has 1 heterocycles. The van der Waals surface area contributed by atoms with Crippen LogP contribution in [-0.4, -0.2) is 23.0 Å². The Hall–Kier alpha value is -2.50. The number of carbonyl (C=O) groups is 2. The van der Waals surface area contributed by atoms with Crippen molar-refractivity contribution in [3.63, 3.8) is 0 Å². The van der Waals surface area contributed by atoms with Crippen molar-refractivity contribution in [2.24, 2.45) is 0 Å². The molecule has 0 bridgehead atoms. The van der Waals surface area contributed by atoms with Crippen molar-refractivity contribution in [2.45, 2.75) is 20.0 Å². The lowest BCUT2D eigenvalue weighted by Crippen LogP contribution is -2.31. The van der Waals surface area contributed by atoms with E-state index < -0.39 is 17.6 Å². The molecule has 1 N–H and O–H groups in total. The fraction of sp³-hybridized carbons (Fsp3) is 0.158. The Labute approximate surface area is 160 Å². The lowest BCUT2D eigenvalue weighted by atomic mass is 10.1. The van der Waals surface area contributed by atoms with Gasteiger partial charge in [-0.15, -0.1) is 0 Å². The number of nitrogens with zero attached hydrogens (tertiary/aromatic N) is 1. The van der Waals surface area contributed by atoms with Crippen LogP contribution in [0.4, 0.5) is 5.69 Å². The van der Waals surface area contributed by atoms with E-state index in [1.165, 1.54) is 18.2 Å². The maximum absolute atomic E-state index is 12.8. The van der Waals surface area contributed by atoms with Crippen LogP contribution < -0.4 is 9.64 Å². The number of aliphatic hydroxyl groups excluding tert-OH is 1. The van der Waals surface area contributed by atoms with Gasteiger partial charge in [0, 0.05) is 10.6 Å². The molecular formula is C19H15Cl2NO4. The summed E-state index contributed by atoms with van der Waals surface area (Å²) in [4.78, 5) is 26.1. The van der Waals surface area contributed by atoms with E-state index in [2.05, 4.69) is 0 Å². The number of halogens is 2. The van der Waals surface area contributed by atoms with Crippen LogP contribution in [0.15, 0.2) is 48.2 Å². The first-order valence-electron chi connectivity index (χ1n) is 7.83. The number of carbonyl (C=O) groups excluding carboxylic acids is 2. The Morgan fingerprint density at radius 1 is 1.00 bits per heavy atom. The van der Waals surface area contributed by atoms with E-state index in [0.717, 1.165) is 4.90 Å². The van der Waals surface area contributed by atoms with Crippen molar-refractivity contribution in [2.75, 3.05) is 4.90 Å². The topological polar surface area (TPSA) is 66.8 Å². The zero-order valence-electron chi connectivity index (χ0n) is 14.0. The highest BCUT2D eigenvalue weighted by atomic mass is 35.5. The number of rotatable bonds is 4. The third-order valence-electron chi connectivity index (χ3n) is 3.73. The normalized spacial score (nSPS) is 14.6. The second kappa shape index (κ2) is 7.02. The van der Waals surface area contributed by atoms with Gasteiger partial charge in [0.05, 0.1) is 22.4 Å². The number of amides is 2. The standard InChI is InChI=1S/C19H15Cl2NO4/c1-10(2)26-13-6-4-12(5-7-13)22-18(24)16(17(23)19(22)25)14-8-3-11(20)9-15(14)21/h3-10,23H,1-2H3. The molecule has 2 aromatic carbocycles. The van der Waals surface area contributed by atoms with Gasteiger partial charge in [0.1, 0.15) is 5.75 Å². The monoisotopic (exact) mass is 391 g/mol. The molecule has 26 heavy (non-hydrogen) atoms. The number of aliphatic hydroxyl groups is 1. The number of hydrogen-bond donors (Lipinski definition) is 1. The van der Waals surface area contributed by atoms with Crippen molar-refractivity contribution >= 4 is 46.3 Å². The molecule has 0 unspecified atom stereocenters. The molecule has 0 fully saturated rings. The molecule has 3 rings (SSSR count). The van der Waals surface area contributed by atoms with Crippen LogP contribution in [0.5, 0.6) is 5.75 Å². The van der Waals surface area contributed by atoms with Crippen LogP contribution in [-0.2, 0) is 9.59 Å². The summed E-state index contributed by atoms with van der Waals surface area (Å²) in [6.45, 7) is 3.79. The van der Waals surface area contributed by atoms with Gasteiger partial charge in [-0.25, -0.2) is 4.90 Å². The predicted octanol–water partition coefficient (Wildman–Crippen LogP) is 4.62. The zero-order valence-corrected chi connectivity index (χ0v) is 15.5. The van der Waals surface area contributed by atoms with Crippen LogP contribution in [0.1, 0.15) is 19.4 Å². The van der Waals surface area contributed by atoms with Crippen LogP contribution in [0.2, 0.25) is 10.0 Å². The van der Waals surface area contributed by atoms with E-state index in [4.69, 9.17) is 27.9 Å². The summed E-state index contributed by atoms with van der Waals surface area (Å²) in [6.07, 6.45) is 0.000242. The van der Waals surface area contributed by atoms with E-state index >= 15 is 0 Å². The largest absolute Gasteiger partial charge is 0.502 e. The first-order chi connectivity index (χ1) is 12.3. The molecule has 0 saturated heterocycles. The third kappa shape index (κ3) is 3.28. The van der Waals surface area contributed by atoms with Gasteiger partial charge in [0.2, 0.25) is 0 Å². The first kappa shape index (κ1) is 18.3. The minimum atomic E-state index is -0.812. The molecule has 0 spiro atoms. The van der Waals surface area contributed by atoms with Crippen molar-refractivity contribution < 1.29 is 19.4 Å². The Kier molecular flexibility index (Phi) is 4.94. The summed E-state index contributed by atoms with van der Waals surface area (Å²) in [5.74, 6) is -1.51. The van der Waals surface area contributed by atoms with E-state index in [-0.39, 0.29) is 22.3 Å². The zero-order chi connectivity index (χ0) is 19.0. The second-order valence-corrected chi connectivity index (χ2v) is 6.80. The predicted molar refractivity (Wildman–Crippen MR) is 101 cm³/mol. The second-order valence-electron chi connectivity index (χ2n) is 5.95. The Bertz CT molecular complexity index is 920. The number of anilines is 1. The summed E-state index contributed by atoms with van der Waals surface area (Å²) >= 11 is 12.0. The summed E-state index contributed by atoms with van der Waals surface area (Å²) in [7, 11) is 0. The molecule has 5 nitrogen and oxygen atoms in total. The minimum Gasteiger partial charge on any atom is -0.502 e. The van der Waals surface area contributed by atoms with Gasteiger partial charge in [-0.3, -0.25) is 9.59 Å². The third-order valence-corrected chi connectivity index (χ3v) is 4.27. The average molecular weight is 392 g/mol. The van der Waals surface area contributed by atoms with E-state index in [9.17, 15) is 14.7 Å². The summed E-state index contributed by atoms with van der Waals surface area (Å²) in [5, 5.41) is 10.8. The average Bonchev–Trinajstić information content (AvgIpc) is 2.78. The maximum atomic E-state index is 12.8. The molecule has 0 aliphatic carbocycles. The number of ether oxygens (including phenoxy) is 1. The van der Waals surface area contributed by atoms with Gasteiger partial charge < -0.3 is 9.84 Å². The summed E-state index contributed by atoms with van der Waals surface area (Å²) in [5.41, 5.74) is 0.413. The fourth-order valence-electron chi connectivity index (χ4n) is 2.63. The lowest BCUT2D eigenvalue weighted by Gasteiger charge is -2.16. The first-order valence-corrected chi connectivity index (χ1v) is 8.59. The van der Waals surface area contributed by atoms with Crippen LogP contribution >= 0.6 is 23.2 Å². The highest BCUT2D eigenvalue weighted by Gasteiger charge is 2.40. The molecular weight excluding hydrogens is 377 g/mol. The fourth-order valence-corrected chi connectivity index (χ4v) is 3.14. The SMILES string of the molecule is CC(C)Oc1ccc(N2C(=O)C(O)=C(c3ccc(Cl)cc3Cl)C2=O)cc1. The van der Waals surface area contributed by atoms with Crippen LogP contribution in [0.3, 0.4) is 0 Å². The Morgan fingerprint density at radius 3 is 2.23 bits per heavy atom. The number of benzene rings is 2. The summed E-state index contributed by atoms with van der Waals surface area (Å²) < 4.78 is 5.55. The van der Waals surface area contributed by atoms with Crippen LogP contribution in [0.25, 0.3) is 5.57 Å². The van der Waals surface area contributed by atoms with Crippen LogP contribution in [0, 0.1) is 0 Å². The highest BCUT2D eigenvalue weighted by molar-refractivity contribution is 6.47. The molecule has 1 aliphatic heterocycles. The molecule has 7 heteroatoms. The Balaban J connectivity index is 1.95. The van der Waals surface area contributed by atoms with E-state index in [0.29, 0.717) is 16.5 Å². The van der Waals surface area contributed by atoms with Crippen molar-refractivity contribution in [3.8, 4) is 5.75 Å². The molecule has 2 aromatic rings. The number of hydrogen-bond acceptors (Lipinski definition) is 4. The quantitative estimate of drug-likeness (QED) is 0.771. The van der Waals surface area contributed by atoms with Crippen molar-refractivity contribution in [1.82, 2.24) is 0 Å². The lowest BCUT2D eigenvalue weighted by molar-refractivity contribution is -0.121.